The maximum absolute atomic E-state index is 10.9. The van der Waals surface area contributed by atoms with Crippen LogP contribution in [-0.4, -0.2) is 34.1 Å². The van der Waals surface area contributed by atoms with E-state index in [0.29, 0.717) is 5.92 Å². The molecule has 3 N–H and O–H groups in total. The second-order valence-electron chi connectivity index (χ2n) is 9.01. The predicted molar refractivity (Wildman–Crippen MR) is 91.8 cm³/mol. The van der Waals surface area contributed by atoms with Gasteiger partial charge < -0.3 is 15.3 Å². The van der Waals surface area contributed by atoms with Gasteiger partial charge in [0, 0.05) is 17.9 Å². The summed E-state index contributed by atoms with van der Waals surface area (Å²) in [6.45, 7) is 10.5. The molecule has 7 atom stereocenters. The van der Waals surface area contributed by atoms with Crippen LogP contribution in [0.2, 0.25) is 0 Å². The zero-order valence-corrected chi connectivity index (χ0v) is 14.8. The van der Waals surface area contributed by atoms with Crippen molar-refractivity contribution >= 4 is 0 Å². The van der Waals surface area contributed by atoms with Crippen molar-refractivity contribution in [2.45, 2.75) is 65.1 Å². The second-order valence-corrected chi connectivity index (χ2v) is 9.01. The topological polar surface area (TPSA) is 60.7 Å². The molecule has 0 unspecified atom stereocenters. The largest absolute Gasteiger partial charge is 0.396 e. The number of aliphatic hydroxyl groups excluding tert-OH is 3. The average molecular weight is 320 g/mol. The van der Waals surface area contributed by atoms with Crippen molar-refractivity contribution in [1.29, 1.82) is 0 Å². The standard InChI is InChI=1S/C20H32O3/c1-5-18(2)10-7-14-13(17(18)23)11-15(22)16-19(3,12-21)8-6-9-20(14,16)4/h5,11,14-17,21-23H,1,6-10,12H2,2-4H3/t14-,15+,16+,17+,18-,19+,20-/m0/s1. The third-order valence-electron chi connectivity index (χ3n) is 7.57. The van der Waals surface area contributed by atoms with E-state index in [4.69, 9.17) is 0 Å². The van der Waals surface area contributed by atoms with Crippen LogP contribution in [0.3, 0.4) is 0 Å². The highest BCUT2D eigenvalue weighted by molar-refractivity contribution is 5.31. The Morgan fingerprint density at radius 1 is 1.22 bits per heavy atom. The first-order valence-corrected chi connectivity index (χ1v) is 9.04. The molecule has 3 nitrogen and oxygen atoms in total. The third-order valence-corrected chi connectivity index (χ3v) is 7.57. The van der Waals surface area contributed by atoms with E-state index in [1.54, 1.807) is 0 Å². The SMILES string of the molecule is C=C[C@@]1(C)CC[C@H]2C(=C[C@@H](O)[C@@H]3[C@@](C)(CO)CCC[C@]32C)[C@H]1O. The van der Waals surface area contributed by atoms with Crippen LogP contribution in [0.4, 0.5) is 0 Å². The Kier molecular flexibility index (Phi) is 4.06. The molecule has 0 spiro atoms. The fourth-order valence-corrected chi connectivity index (χ4v) is 6.11. The summed E-state index contributed by atoms with van der Waals surface area (Å²) in [5.41, 5.74) is 0.411. The van der Waals surface area contributed by atoms with Crippen molar-refractivity contribution in [3.63, 3.8) is 0 Å². The summed E-state index contributed by atoms with van der Waals surface area (Å²) in [7, 11) is 0. The summed E-state index contributed by atoms with van der Waals surface area (Å²) in [5.74, 6) is 0.355. The molecule has 0 aromatic carbocycles. The number of rotatable bonds is 2. The fraction of sp³-hybridized carbons (Fsp3) is 0.800. The first kappa shape index (κ1) is 17.2. The van der Waals surface area contributed by atoms with Gasteiger partial charge in [0.25, 0.3) is 0 Å². The summed E-state index contributed by atoms with van der Waals surface area (Å²) in [5, 5.41) is 31.8. The molecule has 0 aromatic heterocycles. The monoisotopic (exact) mass is 320 g/mol. The highest BCUT2D eigenvalue weighted by atomic mass is 16.3. The zero-order valence-electron chi connectivity index (χ0n) is 14.8. The van der Waals surface area contributed by atoms with Crippen molar-refractivity contribution in [2.24, 2.45) is 28.1 Å². The van der Waals surface area contributed by atoms with Gasteiger partial charge in [-0.05, 0) is 48.0 Å². The van der Waals surface area contributed by atoms with Gasteiger partial charge in [0.05, 0.1) is 12.2 Å². The van der Waals surface area contributed by atoms with Crippen LogP contribution in [0.15, 0.2) is 24.3 Å². The van der Waals surface area contributed by atoms with Crippen molar-refractivity contribution in [3.05, 3.63) is 24.3 Å². The smallest absolute Gasteiger partial charge is 0.0841 e. The van der Waals surface area contributed by atoms with E-state index in [9.17, 15) is 15.3 Å². The molecule has 3 heteroatoms. The molecule has 3 aliphatic rings. The molecule has 0 radical (unpaired) electrons. The molecular formula is C20H32O3. The molecule has 3 aliphatic carbocycles. The van der Waals surface area contributed by atoms with Crippen LogP contribution in [0.5, 0.6) is 0 Å². The predicted octanol–water partition coefficient (Wildman–Crippen LogP) is 3.06. The van der Waals surface area contributed by atoms with Gasteiger partial charge in [-0.3, -0.25) is 0 Å². The lowest BCUT2D eigenvalue weighted by Crippen LogP contribution is -2.59. The van der Waals surface area contributed by atoms with Gasteiger partial charge >= 0.3 is 0 Å². The Bertz CT molecular complexity index is 527. The van der Waals surface area contributed by atoms with E-state index in [2.05, 4.69) is 27.4 Å². The van der Waals surface area contributed by atoms with Gasteiger partial charge in [0.15, 0.2) is 0 Å². The minimum absolute atomic E-state index is 0.0529. The van der Waals surface area contributed by atoms with Gasteiger partial charge in [-0.25, -0.2) is 0 Å². The molecule has 130 valence electrons. The number of hydrogen-bond donors (Lipinski definition) is 3. The number of aliphatic hydroxyl groups is 3. The lowest BCUT2D eigenvalue weighted by atomic mass is 9.44. The highest BCUT2D eigenvalue weighted by Crippen LogP contribution is 2.63. The molecular weight excluding hydrogens is 288 g/mol. The Hall–Kier alpha value is -0.640. The molecule has 0 saturated heterocycles. The van der Waals surface area contributed by atoms with Gasteiger partial charge in [0.1, 0.15) is 0 Å². The number of fused-ring (bicyclic) bond motifs is 3. The van der Waals surface area contributed by atoms with Crippen LogP contribution in [-0.2, 0) is 0 Å². The van der Waals surface area contributed by atoms with Crippen molar-refractivity contribution in [3.8, 4) is 0 Å². The maximum Gasteiger partial charge on any atom is 0.0841 e. The average Bonchev–Trinajstić information content (AvgIpc) is 2.51. The molecule has 2 fully saturated rings. The van der Waals surface area contributed by atoms with Gasteiger partial charge in [0.2, 0.25) is 0 Å². The molecule has 3 rings (SSSR count). The molecule has 0 amide bonds. The summed E-state index contributed by atoms with van der Waals surface area (Å²) in [6.07, 6.45) is 7.67. The zero-order chi connectivity index (χ0) is 17.0. The van der Waals surface area contributed by atoms with Gasteiger partial charge in [-0.2, -0.15) is 0 Å². The lowest BCUT2D eigenvalue weighted by Gasteiger charge is -2.61. The Balaban J connectivity index is 2.07. The Morgan fingerprint density at radius 3 is 2.52 bits per heavy atom. The second kappa shape index (κ2) is 5.44. The lowest BCUT2D eigenvalue weighted by molar-refractivity contribution is -0.134. The molecule has 23 heavy (non-hydrogen) atoms. The van der Waals surface area contributed by atoms with E-state index in [0.717, 1.165) is 37.7 Å². The summed E-state index contributed by atoms with van der Waals surface area (Å²) in [6, 6.07) is 0. The molecule has 0 aromatic rings. The van der Waals surface area contributed by atoms with Crippen LogP contribution in [0.25, 0.3) is 0 Å². The quantitative estimate of drug-likeness (QED) is 0.685. The van der Waals surface area contributed by atoms with E-state index < -0.39 is 12.2 Å². The third kappa shape index (κ3) is 2.27. The molecule has 2 saturated carbocycles. The van der Waals surface area contributed by atoms with E-state index in [-0.39, 0.29) is 28.8 Å². The van der Waals surface area contributed by atoms with Crippen LogP contribution in [0, 0.1) is 28.1 Å². The Morgan fingerprint density at radius 2 is 1.91 bits per heavy atom. The maximum atomic E-state index is 10.9. The minimum Gasteiger partial charge on any atom is -0.396 e. The fourth-order valence-electron chi connectivity index (χ4n) is 6.11. The Labute approximate surface area is 140 Å². The van der Waals surface area contributed by atoms with Crippen molar-refractivity contribution < 1.29 is 15.3 Å². The van der Waals surface area contributed by atoms with E-state index in [1.165, 1.54) is 0 Å². The van der Waals surface area contributed by atoms with Gasteiger partial charge in [-0.1, -0.05) is 39.3 Å². The number of hydrogen-bond acceptors (Lipinski definition) is 3. The normalized spacial score (nSPS) is 53.0. The highest BCUT2D eigenvalue weighted by Gasteiger charge is 2.59. The molecule has 0 aliphatic heterocycles. The summed E-state index contributed by atoms with van der Waals surface area (Å²) >= 11 is 0. The first-order chi connectivity index (χ1) is 10.7. The van der Waals surface area contributed by atoms with E-state index in [1.807, 2.05) is 12.2 Å². The van der Waals surface area contributed by atoms with Crippen LogP contribution in [0.1, 0.15) is 52.9 Å². The van der Waals surface area contributed by atoms with Crippen molar-refractivity contribution in [1.82, 2.24) is 0 Å². The van der Waals surface area contributed by atoms with Gasteiger partial charge in [-0.15, -0.1) is 6.58 Å². The van der Waals surface area contributed by atoms with Crippen LogP contribution >= 0.6 is 0 Å². The molecule has 0 heterocycles. The summed E-state index contributed by atoms with van der Waals surface area (Å²) in [4.78, 5) is 0. The van der Waals surface area contributed by atoms with Crippen molar-refractivity contribution in [2.75, 3.05) is 6.61 Å². The first-order valence-electron chi connectivity index (χ1n) is 9.04. The van der Waals surface area contributed by atoms with E-state index >= 15 is 0 Å². The molecule has 0 bridgehead atoms. The minimum atomic E-state index is -0.592. The van der Waals surface area contributed by atoms with Crippen LogP contribution < -0.4 is 0 Å². The summed E-state index contributed by atoms with van der Waals surface area (Å²) < 4.78 is 0.